The Morgan fingerprint density at radius 3 is 2.37 bits per heavy atom. The number of carbonyl (C=O) groups excluding carboxylic acids is 1. The van der Waals surface area contributed by atoms with Gasteiger partial charge < -0.3 is 9.84 Å². The fourth-order valence-corrected chi connectivity index (χ4v) is 1.64. The van der Waals surface area contributed by atoms with Crippen LogP contribution in [0.2, 0.25) is 0 Å². The first-order valence-corrected chi connectivity index (χ1v) is 5.83. The zero-order valence-electron chi connectivity index (χ0n) is 10.4. The normalized spacial score (nSPS) is 13.1. The van der Waals surface area contributed by atoms with Gasteiger partial charge in [-0.1, -0.05) is 12.1 Å². The summed E-state index contributed by atoms with van der Waals surface area (Å²) in [7, 11) is 0. The molecule has 0 heterocycles. The van der Waals surface area contributed by atoms with E-state index in [0.29, 0.717) is 5.56 Å². The van der Waals surface area contributed by atoms with E-state index in [2.05, 4.69) is 4.74 Å². The number of phenols is 1. The van der Waals surface area contributed by atoms with Gasteiger partial charge in [0.2, 0.25) is 0 Å². The molecule has 3 nitrogen and oxygen atoms in total. The van der Waals surface area contributed by atoms with Crippen molar-refractivity contribution in [2.24, 2.45) is 5.92 Å². The quantitative estimate of drug-likeness (QED) is 0.841. The number of hydrogen-bond donors (Lipinski definition) is 1. The Bertz CT molecular complexity index is 412. The van der Waals surface area contributed by atoms with Gasteiger partial charge in [0.25, 0.3) is 0 Å². The number of carbonyl (C=O) groups is 1. The second-order valence-corrected chi connectivity index (χ2v) is 4.12. The van der Waals surface area contributed by atoms with Crippen molar-refractivity contribution in [3.8, 4) is 5.75 Å². The van der Waals surface area contributed by atoms with Gasteiger partial charge >= 0.3 is 12.1 Å². The Morgan fingerprint density at radius 2 is 1.89 bits per heavy atom. The van der Waals surface area contributed by atoms with Crippen LogP contribution in [0.1, 0.15) is 18.9 Å². The van der Waals surface area contributed by atoms with Crippen molar-refractivity contribution in [3.05, 3.63) is 29.8 Å². The van der Waals surface area contributed by atoms with E-state index >= 15 is 0 Å². The molecule has 0 spiro atoms. The molecule has 1 N–H and O–H groups in total. The number of aromatic hydroxyl groups is 1. The first-order chi connectivity index (χ1) is 8.82. The van der Waals surface area contributed by atoms with Crippen LogP contribution >= 0.6 is 0 Å². The number of hydrogen-bond acceptors (Lipinski definition) is 3. The summed E-state index contributed by atoms with van der Waals surface area (Å²) in [6.07, 6.45) is -5.48. The van der Waals surface area contributed by atoms with Crippen LogP contribution in [-0.4, -0.2) is 23.9 Å². The van der Waals surface area contributed by atoms with Gasteiger partial charge in [-0.3, -0.25) is 4.79 Å². The summed E-state index contributed by atoms with van der Waals surface area (Å²) in [5, 5.41) is 9.07. The molecule has 106 valence electrons. The molecular weight excluding hydrogens is 261 g/mol. The Morgan fingerprint density at radius 1 is 1.32 bits per heavy atom. The monoisotopic (exact) mass is 276 g/mol. The average molecular weight is 276 g/mol. The third-order valence-electron chi connectivity index (χ3n) is 2.60. The molecule has 0 radical (unpaired) electrons. The summed E-state index contributed by atoms with van der Waals surface area (Å²) in [4.78, 5) is 11.2. The fourth-order valence-electron chi connectivity index (χ4n) is 1.64. The van der Waals surface area contributed by atoms with Crippen molar-refractivity contribution >= 4 is 5.97 Å². The summed E-state index contributed by atoms with van der Waals surface area (Å²) in [5.74, 6) is -2.66. The molecule has 0 fully saturated rings. The van der Waals surface area contributed by atoms with Crippen molar-refractivity contribution in [3.63, 3.8) is 0 Å². The Kier molecular flexibility index (Phi) is 5.20. The van der Waals surface area contributed by atoms with Gasteiger partial charge in [0.1, 0.15) is 5.75 Å². The van der Waals surface area contributed by atoms with Crippen molar-refractivity contribution in [2.45, 2.75) is 25.9 Å². The maximum absolute atomic E-state index is 12.8. The first kappa shape index (κ1) is 15.3. The summed E-state index contributed by atoms with van der Waals surface area (Å²) < 4.78 is 43.0. The van der Waals surface area contributed by atoms with Gasteiger partial charge in [0.15, 0.2) is 0 Å². The molecule has 19 heavy (non-hydrogen) atoms. The van der Waals surface area contributed by atoms with Gasteiger partial charge in [-0.25, -0.2) is 0 Å². The Hall–Kier alpha value is -1.72. The molecule has 6 heteroatoms. The lowest BCUT2D eigenvalue weighted by molar-refractivity contribution is -0.184. The zero-order chi connectivity index (χ0) is 14.5. The topological polar surface area (TPSA) is 46.5 Å². The highest BCUT2D eigenvalue weighted by atomic mass is 19.4. The molecule has 0 aliphatic carbocycles. The lowest BCUT2D eigenvalue weighted by Crippen LogP contribution is -2.28. The van der Waals surface area contributed by atoms with Gasteiger partial charge in [0, 0.05) is 0 Å². The number of alkyl halides is 3. The summed E-state index contributed by atoms with van der Waals surface area (Å²) in [6.45, 7) is 1.60. The van der Waals surface area contributed by atoms with E-state index in [1.807, 2.05) is 0 Å². The van der Waals surface area contributed by atoms with Crippen LogP contribution in [0.25, 0.3) is 0 Å². The van der Waals surface area contributed by atoms with E-state index in [9.17, 15) is 18.0 Å². The molecule has 1 atom stereocenters. The van der Waals surface area contributed by atoms with E-state index < -0.39 is 24.5 Å². The highest BCUT2D eigenvalue weighted by Gasteiger charge is 2.41. The highest BCUT2D eigenvalue weighted by molar-refractivity contribution is 5.69. The number of benzene rings is 1. The van der Waals surface area contributed by atoms with Crippen molar-refractivity contribution in [2.75, 3.05) is 6.61 Å². The van der Waals surface area contributed by atoms with Gasteiger partial charge in [-0.2, -0.15) is 13.2 Å². The Labute approximate surface area is 109 Å². The van der Waals surface area contributed by atoms with Crippen molar-refractivity contribution in [1.29, 1.82) is 0 Å². The smallest absolute Gasteiger partial charge is 0.392 e. The molecule has 1 aromatic rings. The van der Waals surface area contributed by atoms with Gasteiger partial charge in [-0.05, 0) is 31.0 Å². The second-order valence-electron chi connectivity index (χ2n) is 4.12. The summed E-state index contributed by atoms with van der Waals surface area (Å²) in [5.41, 5.74) is 0.407. The summed E-state index contributed by atoms with van der Waals surface area (Å²) in [6, 6.07) is 5.43. The van der Waals surface area contributed by atoms with Gasteiger partial charge in [0.05, 0.1) is 18.9 Å². The van der Waals surface area contributed by atoms with E-state index in [-0.39, 0.29) is 18.8 Å². The molecule has 0 bridgehead atoms. The molecule has 0 aliphatic rings. The minimum atomic E-state index is -4.47. The number of rotatable bonds is 5. The van der Waals surface area contributed by atoms with E-state index in [1.54, 1.807) is 6.92 Å². The molecule has 0 saturated carbocycles. The largest absolute Gasteiger partial charge is 0.508 e. The maximum Gasteiger partial charge on any atom is 0.392 e. The number of esters is 1. The van der Waals surface area contributed by atoms with E-state index in [1.165, 1.54) is 24.3 Å². The predicted molar refractivity (Wildman–Crippen MR) is 62.6 cm³/mol. The standard InChI is InChI=1S/C13H15F3O3/c1-2-19-12(18)8-10(13(14,15)16)7-9-3-5-11(17)6-4-9/h3-6,10,17H,2,7-8H2,1H3. The van der Waals surface area contributed by atoms with Crippen molar-refractivity contribution in [1.82, 2.24) is 0 Å². The molecule has 0 saturated heterocycles. The number of ether oxygens (including phenoxy) is 1. The summed E-state index contributed by atoms with van der Waals surface area (Å²) >= 11 is 0. The lowest BCUT2D eigenvalue weighted by Gasteiger charge is -2.19. The second kappa shape index (κ2) is 6.45. The minimum Gasteiger partial charge on any atom is -0.508 e. The van der Waals surface area contributed by atoms with Crippen LogP contribution in [0.3, 0.4) is 0 Å². The molecule has 1 unspecified atom stereocenters. The third-order valence-corrected chi connectivity index (χ3v) is 2.60. The van der Waals surface area contributed by atoms with Crippen LogP contribution in [0.5, 0.6) is 5.75 Å². The van der Waals surface area contributed by atoms with Gasteiger partial charge in [-0.15, -0.1) is 0 Å². The fraction of sp³-hybridized carbons (Fsp3) is 0.462. The molecule has 0 aromatic heterocycles. The SMILES string of the molecule is CCOC(=O)CC(Cc1ccc(O)cc1)C(F)(F)F. The first-order valence-electron chi connectivity index (χ1n) is 5.83. The number of halogens is 3. The molecule has 1 aromatic carbocycles. The van der Waals surface area contributed by atoms with E-state index in [0.717, 1.165) is 0 Å². The average Bonchev–Trinajstić information content (AvgIpc) is 2.30. The maximum atomic E-state index is 12.8. The molecule has 0 aliphatic heterocycles. The van der Waals surface area contributed by atoms with Crippen LogP contribution in [0.15, 0.2) is 24.3 Å². The molecule has 1 rings (SSSR count). The third kappa shape index (κ3) is 5.19. The molecular formula is C13H15F3O3. The van der Waals surface area contributed by atoms with Crippen LogP contribution in [-0.2, 0) is 16.0 Å². The lowest BCUT2D eigenvalue weighted by atomic mass is 9.95. The highest BCUT2D eigenvalue weighted by Crippen LogP contribution is 2.32. The zero-order valence-corrected chi connectivity index (χ0v) is 10.4. The predicted octanol–water partition coefficient (Wildman–Crippen LogP) is 3.07. The molecule has 0 amide bonds. The van der Waals surface area contributed by atoms with Crippen LogP contribution in [0, 0.1) is 5.92 Å². The van der Waals surface area contributed by atoms with Crippen molar-refractivity contribution < 1.29 is 27.8 Å². The van der Waals surface area contributed by atoms with Crippen LogP contribution in [0.4, 0.5) is 13.2 Å². The van der Waals surface area contributed by atoms with E-state index in [4.69, 9.17) is 5.11 Å². The Balaban J connectivity index is 2.75. The minimum absolute atomic E-state index is 0.0160. The number of phenolic OH excluding ortho intramolecular Hbond substituents is 1. The van der Waals surface area contributed by atoms with Crippen LogP contribution < -0.4 is 0 Å².